The fourth-order valence-corrected chi connectivity index (χ4v) is 1.80. The molecular weight excluding hydrogens is 292 g/mol. The molecule has 1 amide bonds. The van der Waals surface area contributed by atoms with Gasteiger partial charge in [-0.15, -0.1) is 0 Å². The molecule has 0 saturated heterocycles. The zero-order chi connectivity index (χ0) is 16.4. The van der Waals surface area contributed by atoms with E-state index in [2.05, 4.69) is 5.32 Å². The molecule has 22 heavy (non-hydrogen) atoms. The molecule has 1 heterocycles. The van der Waals surface area contributed by atoms with Gasteiger partial charge in [-0.1, -0.05) is 6.07 Å². The second-order valence-electron chi connectivity index (χ2n) is 4.53. The number of non-ortho nitro benzene ring substituents is 1. The topological polar surface area (TPSA) is 116 Å². The first kappa shape index (κ1) is 15.2. The van der Waals surface area contributed by atoms with Gasteiger partial charge in [0.1, 0.15) is 5.82 Å². The standard InChI is InChI=1S/C13H12N4O5/c1-15-10(7-11(18)16(2)13(15)20)14-12(19)8-4-3-5-9(6-8)17(21)22/h3-7H,1-2H3,(H,14,19). The predicted octanol–water partition coefficient (Wildman–Crippen LogP) is 0.244. The van der Waals surface area contributed by atoms with Crippen LogP contribution in [0.2, 0.25) is 0 Å². The van der Waals surface area contributed by atoms with Crippen LogP contribution in [0.4, 0.5) is 11.5 Å². The van der Waals surface area contributed by atoms with Crippen molar-refractivity contribution in [1.82, 2.24) is 9.13 Å². The van der Waals surface area contributed by atoms with E-state index in [0.29, 0.717) is 0 Å². The Morgan fingerprint density at radius 2 is 1.86 bits per heavy atom. The highest BCUT2D eigenvalue weighted by atomic mass is 16.6. The molecule has 0 bridgehead atoms. The number of nitro groups is 1. The summed E-state index contributed by atoms with van der Waals surface area (Å²) in [4.78, 5) is 45.5. The minimum Gasteiger partial charge on any atom is -0.308 e. The van der Waals surface area contributed by atoms with Gasteiger partial charge in [-0.3, -0.25) is 28.8 Å². The van der Waals surface area contributed by atoms with Gasteiger partial charge in [-0.2, -0.15) is 0 Å². The molecule has 0 aliphatic carbocycles. The first-order chi connectivity index (χ1) is 10.3. The molecule has 9 nitrogen and oxygen atoms in total. The third-order valence-electron chi connectivity index (χ3n) is 3.09. The van der Waals surface area contributed by atoms with Crippen LogP contribution in [0.15, 0.2) is 39.9 Å². The van der Waals surface area contributed by atoms with E-state index in [9.17, 15) is 24.5 Å². The van der Waals surface area contributed by atoms with Crippen molar-refractivity contribution in [2.24, 2.45) is 14.1 Å². The fourth-order valence-electron chi connectivity index (χ4n) is 1.80. The van der Waals surface area contributed by atoms with Crippen molar-refractivity contribution in [2.75, 3.05) is 5.32 Å². The molecule has 1 aromatic carbocycles. The second kappa shape index (κ2) is 5.64. The van der Waals surface area contributed by atoms with Gasteiger partial charge in [-0.05, 0) is 6.07 Å². The lowest BCUT2D eigenvalue weighted by molar-refractivity contribution is -0.384. The van der Waals surface area contributed by atoms with Crippen molar-refractivity contribution in [3.8, 4) is 0 Å². The van der Waals surface area contributed by atoms with Crippen LogP contribution >= 0.6 is 0 Å². The molecule has 0 unspecified atom stereocenters. The number of nitrogens with zero attached hydrogens (tertiary/aromatic N) is 3. The Balaban J connectivity index is 2.38. The van der Waals surface area contributed by atoms with E-state index >= 15 is 0 Å². The second-order valence-corrected chi connectivity index (χ2v) is 4.53. The zero-order valence-corrected chi connectivity index (χ0v) is 11.8. The molecule has 1 aromatic heterocycles. The van der Waals surface area contributed by atoms with Crippen molar-refractivity contribution in [2.45, 2.75) is 0 Å². The molecule has 0 aliphatic rings. The van der Waals surface area contributed by atoms with Crippen LogP contribution in [0.3, 0.4) is 0 Å². The summed E-state index contributed by atoms with van der Waals surface area (Å²) in [5, 5.41) is 13.1. The predicted molar refractivity (Wildman–Crippen MR) is 78.0 cm³/mol. The van der Waals surface area contributed by atoms with Crippen LogP contribution in [0.1, 0.15) is 10.4 Å². The Labute approximate surface area is 123 Å². The van der Waals surface area contributed by atoms with E-state index in [4.69, 9.17) is 0 Å². The van der Waals surface area contributed by atoms with Crippen molar-refractivity contribution in [3.05, 3.63) is 66.8 Å². The van der Waals surface area contributed by atoms with Gasteiger partial charge < -0.3 is 5.32 Å². The maximum atomic E-state index is 12.1. The number of rotatable bonds is 3. The van der Waals surface area contributed by atoms with Gasteiger partial charge in [-0.25, -0.2) is 4.79 Å². The molecule has 1 N–H and O–H groups in total. The van der Waals surface area contributed by atoms with Gasteiger partial charge in [0.2, 0.25) is 0 Å². The maximum Gasteiger partial charge on any atom is 0.332 e. The molecule has 0 aliphatic heterocycles. The number of aromatic nitrogens is 2. The number of hydrogen-bond acceptors (Lipinski definition) is 5. The summed E-state index contributed by atoms with van der Waals surface area (Å²) in [6, 6.07) is 6.22. The molecule has 2 rings (SSSR count). The van der Waals surface area contributed by atoms with Crippen LogP contribution in [0.25, 0.3) is 0 Å². The number of hydrogen-bond donors (Lipinski definition) is 1. The first-order valence-electron chi connectivity index (χ1n) is 6.14. The summed E-state index contributed by atoms with van der Waals surface area (Å²) in [5.74, 6) is -0.656. The molecular formula is C13H12N4O5. The molecule has 0 atom stereocenters. The van der Waals surface area contributed by atoms with Crippen LogP contribution in [0, 0.1) is 10.1 Å². The summed E-state index contributed by atoms with van der Waals surface area (Å²) >= 11 is 0. The van der Waals surface area contributed by atoms with Crippen LogP contribution in [-0.2, 0) is 14.1 Å². The maximum absolute atomic E-state index is 12.1. The van der Waals surface area contributed by atoms with Crippen molar-refractivity contribution in [3.63, 3.8) is 0 Å². The van der Waals surface area contributed by atoms with E-state index in [0.717, 1.165) is 21.3 Å². The molecule has 9 heteroatoms. The Hall–Kier alpha value is -3.23. The third-order valence-corrected chi connectivity index (χ3v) is 3.09. The number of carbonyl (C=O) groups is 1. The molecule has 114 valence electrons. The van der Waals surface area contributed by atoms with Crippen molar-refractivity contribution in [1.29, 1.82) is 0 Å². The van der Waals surface area contributed by atoms with E-state index in [1.807, 2.05) is 0 Å². The lowest BCUT2D eigenvalue weighted by Gasteiger charge is -2.10. The average Bonchev–Trinajstić information content (AvgIpc) is 2.50. The SMILES string of the molecule is Cn1c(NC(=O)c2cccc([N+](=O)[O-])c2)cc(=O)n(C)c1=O. The van der Waals surface area contributed by atoms with Gasteiger partial charge >= 0.3 is 5.69 Å². The number of nitrogens with one attached hydrogen (secondary N) is 1. The minimum absolute atomic E-state index is 0.00426. The Morgan fingerprint density at radius 3 is 2.50 bits per heavy atom. The molecule has 0 spiro atoms. The lowest BCUT2D eigenvalue weighted by atomic mass is 10.2. The van der Waals surface area contributed by atoms with Crippen LogP contribution in [-0.4, -0.2) is 20.0 Å². The summed E-state index contributed by atoms with van der Waals surface area (Å²) in [7, 11) is 2.71. The fraction of sp³-hybridized carbons (Fsp3) is 0.154. The summed E-state index contributed by atoms with van der Waals surface area (Å²) in [6.45, 7) is 0. The lowest BCUT2D eigenvalue weighted by Crippen LogP contribution is -2.38. The van der Waals surface area contributed by atoms with Gasteiger partial charge in [0.25, 0.3) is 17.2 Å². The van der Waals surface area contributed by atoms with Crippen molar-refractivity contribution < 1.29 is 9.72 Å². The van der Waals surface area contributed by atoms with E-state index in [1.54, 1.807) is 0 Å². The number of carbonyl (C=O) groups excluding carboxylic acids is 1. The van der Waals surface area contributed by atoms with Gasteiger partial charge in [0.05, 0.1) is 4.92 Å². The van der Waals surface area contributed by atoms with Crippen LogP contribution < -0.4 is 16.6 Å². The quantitative estimate of drug-likeness (QED) is 0.644. The molecule has 0 radical (unpaired) electrons. The monoisotopic (exact) mass is 304 g/mol. The minimum atomic E-state index is -0.660. The molecule has 0 saturated carbocycles. The number of nitro benzene ring substituents is 1. The third kappa shape index (κ3) is 2.77. The van der Waals surface area contributed by atoms with Crippen molar-refractivity contribution >= 4 is 17.4 Å². The smallest absolute Gasteiger partial charge is 0.308 e. The Kier molecular flexibility index (Phi) is 3.89. The summed E-state index contributed by atoms with van der Waals surface area (Å²) in [5.41, 5.74) is -1.35. The number of amides is 1. The highest BCUT2D eigenvalue weighted by molar-refractivity contribution is 6.04. The zero-order valence-electron chi connectivity index (χ0n) is 11.8. The average molecular weight is 304 g/mol. The number of anilines is 1. The van der Waals surface area contributed by atoms with E-state index in [-0.39, 0.29) is 17.1 Å². The summed E-state index contributed by atoms with van der Waals surface area (Å²) < 4.78 is 1.99. The Morgan fingerprint density at radius 1 is 1.18 bits per heavy atom. The van der Waals surface area contributed by atoms with Gasteiger partial charge in [0.15, 0.2) is 0 Å². The highest BCUT2D eigenvalue weighted by Gasteiger charge is 2.14. The van der Waals surface area contributed by atoms with E-state index in [1.165, 1.54) is 32.3 Å². The van der Waals surface area contributed by atoms with Gasteiger partial charge in [0, 0.05) is 37.9 Å². The van der Waals surface area contributed by atoms with Crippen LogP contribution in [0.5, 0.6) is 0 Å². The molecule has 0 fully saturated rings. The Bertz CT molecular complexity index is 881. The molecule has 2 aromatic rings. The first-order valence-corrected chi connectivity index (χ1v) is 6.14. The highest BCUT2D eigenvalue weighted by Crippen LogP contribution is 2.14. The van der Waals surface area contributed by atoms with E-state index < -0.39 is 22.1 Å². The normalized spacial score (nSPS) is 10.3. The largest absolute Gasteiger partial charge is 0.332 e. The summed E-state index contributed by atoms with van der Waals surface area (Å²) in [6.07, 6.45) is 0. The number of benzene rings is 1.